The minimum absolute atomic E-state index is 0.132. The van der Waals surface area contributed by atoms with Crippen molar-refractivity contribution < 1.29 is 14.3 Å². The zero-order valence-corrected chi connectivity index (χ0v) is 23.5. The largest absolute Gasteiger partial charge is 0.462 e. The van der Waals surface area contributed by atoms with Gasteiger partial charge in [-0.2, -0.15) is 0 Å². The minimum atomic E-state index is -0.413. The molecule has 1 aliphatic carbocycles. The van der Waals surface area contributed by atoms with Crippen molar-refractivity contribution in [3.05, 3.63) is 42.9 Å². The van der Waals surface area contributed by atoms with E-state index >= 15 is 0 Å². The molecule has 2 saturated heterocycles. The number of carbonyl (C=O) groups excluding carboxylic acids is 2. The molecule has 0 aromatic carbocycles. The van der Waals surface area contributed by atoms with Crippen molar-refractivity contribution in [1.82, 2.24) is 19.9 Å². The summed E-state index contributed by atoms with van der Waals surface area (Å²) in [7, 11) is 0. The second-order valence-electron chi connectivity index (χ2n) is 11.6. The molecule has 5 heterocycles. The molecular formula is C31H39N7O3. The summed E-state index contributed by atoms with van der Waals surface area (Å²) in [5.41, 5.74) is 7.28. The predicted octanol–water partition coefficient (Wildman–Crippen LogP) is 4.74. The highest BCUT2D eigenvalue weighted by Gasteiger charge is 2.31. The smallest absolute Gasteiger partial charge is 0.314 e. The monoisotopic (exact) mass is 557 g/mol. The number of rotatable bonds is 6. The van der Waals surface area contributed by atoms with Gasteiger partial charge in [0.15, 0.2) is 0 Å². The van der Waals surface area contributed by atoms with Crippen LogP contribution in [0.5, 0.6) is 0 Å². The molecule has 0 unspecified atom stereocenters. The van der Waals surface area contributed by atoms with Gasteiger partial charge >= 0.3 is 12.0 Å². The summed E-state index contributed by atoms with van der Waals surface area (Å²) in [6, 6.07) is 8.29. The number of anilines is 2. The highest BCUT2D eigenvalue weighted by atomic mass is 16.5. The van der Waals surface area contributed by atoms with Gasteiger partial charge in [-0.1, -0.05) is 19.3 Å². The van der Waals surface area contributed by atoms with Crippen LogP contribution in [0.4, 0.5) is 16.4 Å². The van der Waals surface area contributed by atoms with E-state index < -0.39 is 6.03 Å². The number of likely N-dealkylation sites (tertiary alicyclic amines) is 1. The van der Waals surface area contributed by atoms with Crippen LogP contribution in [0, 0.1) is 5.92 Å². The molecule has 3 aliphatic rings. The molecule has 10 nitrogen and oxygen atoms in total. The number of hydrogen-bond acceptors (Lipinski definition) is 8. The van der Waals surface area contributed by atoms with Crippen LogP contribution in [0.25, 0.3) is 22.0 Å². The van der Waals surface area contributed by atoms with Crippen LogP contribution in [-0.2, 0) is 9.53 Å². The molecule has 10 heteroatoms. The lowest BCUT2D eigenvalue weighted by Crippen LogP contribution is -2.45. The Bertz CT molecular complexity index is 1380. The Morgan fingerprint density at radius 3 is 2.46 bits per heavy atom. The highest BCUT2D eigenvalue weighted by molar-refractivity contribution is 5.94. The van der Waals surface area contributed by atoms with Crippen LogP contribution < -0.4 is 16.0 Å². The Morgan fingerprint density at radius 1 is 0.927 bits per heavy atom. The summed E-state index contributed by atoms with van der Waals surface area (Å²) in [6.45, 7) is 2.51. The molecule has 3 fully saturated rings. The average Bonchev–Trinajstić information content (AvgIpc) is 3.01. The van der Waals surface area contributed by atoms with E-state index in [1.807, 2.05) is 24.5 Å². The number of piperidine rings is 2. The lowest BCUT2D eigenvalue weighted by Gasteiger charge is -2.34. The first-order valence-corrected chi connectivity index (χ1v) is 15.0. The van der Waals surface area contributed by atoms with Crippen molar-refractivity contribution in [3.8, 4) is 11.3 Å². The normalized spacial score (nSPS) is 19.3. The van der Waals surface area contributed by atoms with Gasteiger partial charge < -0.3 is 25.6 Å². The molecule has 216 valence electrons. The van der Waals surface area contributed by atoms with Crippen LogP contribution in [0.3, 0.4) is 0 Å². The fourth-order valence-electron chi connectivity index (χ4n) is 6.37. The van der Waals surface area contributed by atoms with E-state index in [1.165, 1.54) is 32.1 Å². The Labute approximate surface area is 240 Å². The molecule has 3 aromatic heterocycles. The van der Waals surface area contributed by atoms with E-state index in [9.17, 15) is 9.59 Å². The molecule has 6 rings (SSSR count). The van der Waals surface area contributed by atoms with Crippen molar-refractivity contribution in [2.24, 2.45) is 11.7 Å². The van der Waals surface area contributed by atoms with Gasteiger partial charge in [0.05, 0.1) is 11.6 Å². The third-order valence-electron chi connectivity index (χ3n) is 8.79. The summed E-state index contributed by atoms with van der Waals surface area (Å²) in [6.07, 6.45) is 14.3. The fourth-order valence-corrected chi connectivity index (χ4v) is 6.37. The molecule has 41 heavy (non-hydrogen) atoms. The van der Waals surface area contributed by atoms with E-state index in [0.29, 0.717) is 44.8 Å². The maximum absolute atomic E-state index is 13.0. The number of esters is 1. The summed E-state index contributed by atoms with van der Waals surface area (Å²) >= 11 is 0. The maximum atomic E-state index is 13.0. The number of amides is 2. The summed E-state index contributed by atoms with van der Waals surface area (Å²) in [4.78, 5) is 42.3. The number of nitrogens with zero attached hydrogens (tertiary/aromatic N) is 5. The Hall–Kier alpha value is -3.95. The van der Waals surface area contributed by atoms with Crippen molar-refractivity contribution in [2.45, 2.75) is 69.9 Å². The molecule has 0 atom stereocenters. The van der Waals surface area contributed by atoms with Gasteiger partial charge in [0.1, 0.15) is 17.7 Å². The average molecular weight is 558 g/mol. The number of nitrogens with two attached hydrogens (primary N) is 1. The second-order valence-corrected chi connectivity index (χ2v) is 11.6. The zero-order chi connectivity index (χ0) is 28.2. The van der Waals surface area contributed by atoms with Crippen molar-refractivity contribution in [1.29, 1.82) is 0 Å². The standard InChI is InChI=1S/C31H39N7O3/c32-31(40)38-16-10-25(11-17-38)41-30(39)21-8-14-37(15-9-21)29-26-7-12-33-20-23(26)18-27(36-29)22-6-13-34-28(19-22)35-24-4-2-1-3-5-24/h6-7,12-13,18-21,24-25H,1-5,8-11,14-17H2,(H2,32,40)(H,34,35). The van der Waals surface area contributed by atoms with Crippen LogP contribution >= 0.6 is 0 Å². The molecule has 3 aromatic rings. The van der Waals surface area contributed by atoms with Crippen LogP contribution in [0.1, 0.15) is 57.8 Å². The summed E-state index contributed by atoms with van der Waals surface area (Å²) < 4.78 is 5.84. The van der Waals surface area contributed by atoms with Crippen LogP contribution in [-0.4, -0.2) is 70.2 Å². The number of urea groups is 1. The molecule has 0 spiro atoms. The molecular weight excluding hydrogens is 518 g/mol. The summed E-state index contributed by atoms with van der Waals surface area (Å²) in [5, 5.41) is 5.72. The van der Waals surface area contributed by atoms with Gasteiger partial charge in [0.2, 0.25) is 0 Å². The van der Waals surface area contributed by atoms with Gasteiger partial charge in [-0.05, 0) is 49.9 Å². The van der Waals surface area contributed by atoms with E-state index in [-0.39, 0.29) is 18.0 Å². The third kappa shape index (κ3) is 6.36. The number of primary amides is 1. The Balaban J connectivity index is 1.14. The lowest BCUT2D eigenvalue weighted by molar-refractivity contribution is -0.156. The highest BCUT2D eigenvalue weighted by Crippen LogP contribution is 2.33. The number of carbonyl (C=O) groups is 2. The van der Waals surface area contributed by atoms with E-state index in [0.717, 1.165) is 46.8 Å². The Morgan fingerprint density at radius 2 is 1.71 bits per heavy atom. The summed E-state index contributed by atoms with van der Waals surface area (Å²) in [5.74, 6) is 1.55. The van der Waals surface area contributed by atoms with Gasteiger partial charge in [-0.3, -0.25) is 9.78 Å². The lowest BCUT2D eigenvalue weighted by atomic mass is 9.95. The first kappa shape index (κ1) is 27.2. The quantitative estimate of drug-likeness (QED) is 0.416. The van der Waals surface area contributed by atoms with Gasteiger partial charge in [0.25, 0.3) is 0 Å². The van der Waals surface area contributed by atoms with Gasteiger partial charge in [0, 0.05) is 80.0 Å². The van der Waals surface area contributed by atoms with Crippen molar-refractivity contribution in [3.63, 3.8) is 0 Å². The maximum Gasteiger partial charge on any atom is 0.314 e. The molecule has 1 saturated carbocycles. The molecule has 2 amide bonds. The number of fused-ring (bicyclic) bond motifs is 1. The number of aromatic nitrogens is 3. The second kappa shape index (κ2) is 12.3. The molecule has 0 radical (unpaired) electrons. The third-order valence-corrected chi connectivity index (χ3v) is 8.79. The topological polar surface area (TPSA) is 127 Å². The first-order valence-electron chi connectivity index (χ1n) is 15.0. The van der Waals surface area contributed by atoms with Gasteiger partial charge in [-0.25, -0.2) is 14.8 Å². The van der Waals surface area contributed by atoms with E-state index in [1.54, 1.807) is 11.1 Å². The van der Waals surface area contributed by atoms with Gasteiger partial charge in [-0.15, -0.1) is 0 Å². The minimum Gasteiger partial charge on any atom is -0.462 e. The van der Waals surface area contributed by atoms with Crippen LogP contribution in [0.15, 0.2) is 42.9 Å². The fraction of sp³-hybridized carbons (Fsp3) is 0.516. The number of nitrogens with one attached hydrogen (secondary N) is 1. The molecule has 0 bridgehead atoms. The van der Waals surface area contributed by atoms with Crippen molar-refractivity contribution >= 4 is 34.4 Å². The van der Waals surface area contributed by atoms with Crippen molar-refractivity contribution in [2.75, 3.05) is 36.4 Å². The number of ether oxygens (including phenoxy) is 1. The molecule has 2 aliphatic heterocycles. The number of hydrogen-bond donors (Lipinski definition) is 2. The SMILES string of the molecule is NC(=O)N1CCC(OC(=O)C2CCN(c3nc(-c4ccnc(NC5CCCCC5)c4)cc4cnccc34)CC2)CC1. The molecule has 3 N–H and O–H groups in total. The van der Waals surface area contributed by atoms with E-state index in [2.05, 4.69) is 32.3 Å². The van der Waals surface area contributed by atoms with Crippen LogP contribution in [0.2, 0.25) is 0 Å². The first-order chi connectivity index (χ1) is 20.0. The Kier molecular flexibility index (Phi) is 8.16. The van der Waals surface area contributed by atoms with E-state index in [4.69, 9.17) is 15.5 Å². The number of pyridine rings is 3. The predicted molar refractivity (Wildman–Crippen MR) is 158 cm³/mol. The zero-order valence-electron chi connectivity index (χ0n) is 23.5.